The summed E-state index contributed by atoms with van der Waals surface area (Å²) in [4.78, 5) is 0. The van der Waals surface area contributed by atoms with E-state index in [9.17, 15) is 8.42 Å². The van der Waals surface area contributed by atoms with Crippen LogP contribution in [0.25, 0.3) is 5.57 Å². The Bertz CT molecular complexity index is 1110. The lowest BCUT2D eigenvalue weighted by Crippen LogP contribution is -2.47. The molecule has 0 saturated carbocycles. The van der Waals surface area contributed by atoms with Gasteiger partial charge in [-0.2, -0.15) is 0 Å². The van der Waals surface area contributed by atoms with Crippen LogP contribution in [0.2, 0.25) is 25.7 Å². The fourth-order valence-electron chi connectivity index (χ4n) is 3.37. The van der Waals surface area contributed by atoms with E-state index in [0.717, 1.165) is 15.9 Å². The number of benzene rings is 1. The highest BCUT2D eigenvalue weighted by Gasteiger charge is 2.50. The molecule has 1 heterocycles. The number of anilines is 1. The van der Waals surface area contributed by atoms with Crippen LogP contribution in [0.15, 0.2) is 53.1 Å². The molecule has 0 spiro atoms. The highest BCUT2D eigenvalue weighted by Crippen LogP contribution is 2.46. The van der Waals surface area contributed by atoms with Gasteiger partial charge >= 0.3 is 0 Å². The molecule has 32 heavy (non-hydrogen) atoms. The lowest BCUT2D eigenvalue weighted by molar-refractivity contribution is 0.153. The summed E-state index contributed by atoms with van der Waals surface area (Å²) in [5.41, 5.74) is 2.52. The van der Waals surface area contributed by atoms with Gasteiger partial charge in [0.05, 0.1) is 5.69 Å². The van der Waals surface area contributed by atoms with Crippen LogP contribution in [0.1, 0.15) is 23.2 Å². The quantitative estimate of drug-likeness (QED) is 0.193. The minimum atomic E-state index is -4.17. The van der Waals surface area contributed by atoms with Gasteiger partial charge in [-0.25, -0.2) is 12.7 Å². The van der Waals surface area contributed by atoms with E-state index in [1.54, 1.807) is 26.0 Å². The fraction of sp³-hybridized carbons (Fsp3) is 0.435. The van der Waals surface area contributed by atoms with Crippen molar-refractivity contribution in [3.63, 3.8) is 0 Å². The molecular formula is C23H31ClN2O4SSi. The molecule has 0 radical (unpaired) electrons. The molecule has 1 aliphatic carbocycles. The van der Waals surface area contributed by atoms with E-state index in [0.29, 0.717) is 23.4 Å². The van der Waals surface area contributed by atoms with Crippen molar-refractivity contribution in [3.05, 3.63) is 65.4 Å². The molecule has 0 amide bonds. The SMILES string of the molecule is Cc1noc(N(COCC[Si](C)(C)C)S(=O)(=O)C2(Cl)CC=CC=C2c2ccccc2)c1C. The summed E-state index contributed by atoms with van der Waals surface area (Å²) in [6.07, 6.45) is 5.47. The van der Waals surface area contributed by atoms with Crippen LogP contribution in [0.3, 0.4) is 0 Å². The zero-order valence-electron chi connectivity index (χ0n) is 19.3. The molecule has 1 unspecified atom stereocenters. The first-order valence-electron chi connectivity index (χ1n) is 10.6. The number of aromatic nitrogens is 1. The summed E-state index contributed by atoms with van der Waals surface area (Å²) < 4.78 is 38.9. The van der Waals surface area contributed by atoms with Crippen LogP contribution in [0.5, 0.6) is 0 Å². The van der Waals surface area contributed by atoms with Crippen molar-refractivity contribution < 1.29 is 17.7 Å². The molecule has 9 heteroatoms. The highest BCUT2D eigenvalue weighted by molar-refractivity contribution is 7.96. The Labute approximate surface area is 196 Å². The number of nitrogens with zero attached hydrogens (tertiary/aromatic N) is 2. The second-order valence-electron chi connectivity index (χ2n) is 9.21. The topological polar surface area (TPSA) is 72.6 Å². The third kappa shape index (κ3) is 5.03. The predicted octanol–water partition coefficient (Wildman–Crippen LogP) is 5.72. The molecule has 1 aromatic carbocycles. The van der Waals surface area contributed by atoms with Crippen LogP contribution in [0.4, 0.5) is 5.88 Å². The Morgan fingerprint density at radius 1 is 1.22 bits per heavy atom. The average Bonchev–Trinajstić information content (AvgIpc) is 3.06. The normalized spacial score (nSPS) is 19.1. The highest BCUT2D eigenvalue weighted by atomic mass is 35.5. The minimum absolute atomic E-state index is 0.120. The maximum absolute atomic E-state index is 14.1. The van der Waals surface area contributed by atoms with Crippen molar-refractivity contribution in [2.24, 2.45) is 0 Å². The molecule has 6 nitrogen and oxygen atoms in total. The van der Waals surface area contributed by atoms with Crippen LogP contribution in [0, 0.1) is 13.8 Å². The molecule has 0 bridgehead atoms. The van der Waals surface area contributed by atoms with Gasteiger partial charge in [0, 0.05) is 26.7 Å². The second-order valence-corrected chi connectivity index (χ2v) is 17.8. The van der Waals surface area contributed by atoms with Gasteiger partial charge in [0.1, 0.15) is 6.73 Å². The number of ether oxygens (including phenoxy) is 1. The molecule has 0 aliphatic heterocycles. The van der Waals surface area contributed by atoms with Crippen LogP contribution >= 0.6 is 11.6 Å². The van der Waals surface area contributed by atoms with Crippen LogP contribution in [-0.4, -0.2) is 39.2 Å². The molecule has 2 aromatic rings. The van der Waals surface area contributed by atoms with Gasteiger partial charge in [-0.15, -0.1) is 0 Å². The van der Waals surface area contributed by atoms with Gasteiger partial charge in [-0.3, -0.25) is 0 Å². The third-order valence-electron chi connectivity index (χ3n) is 5.53. The lowest BCUT2D eigenvalue weighted by atomic mass is 9.96. The fourth-order valence-corrected chi connectivity index (χ4v) is 6.36. The van der Waals surface area contributed by atoms with E-state index in [1.807, 2.05) is 36.4 Å². The molecule has 174 valence electrons. The lowest BCUT2D eigenvalue weighted by Gasteiger charge is -2.35. The first kappa shape index (κ1) is 24.8. The first-order valence-corrected chi connectivity index (χ1v) is 16.1. The minimum Gasteiger partial charge on any atom is -0.360 e. The summed E-state index contributed by atoms with van der Waals surface area (Å²) in [5, 5.41) is 3.96. The van der Waals surface area contributed by atoms with E-state index >= 15 is 0 Å². The van der Waals surface area contributed by atoms with Crippen LogP contribution in [-0.2, 0) is 14.8 Å². The van der Waals surface area contributed by atoms with Gasteiger partial charge in [0.15, 0.2) is 4.21 Å². The van der Waals surface area contributed by atoms with Crippen molar-refractivity contribution in [1.82, 2.24) is 5.16 Å². The Morgan fingerprint density at radius 3 is 2.50 bits per heavy atom. The monoisotopic (exact) mass is 494 g/mol. The van der Waals surface area contributed by atoms with E-state index < -0.39 is 22.3 Å². The Balaban J connectivity index is 2.01. The van der Waals surface area contributed by atoms with Gasteiger partial charge in [0.2, 0.25) is 5.88 Å². The Morgan fingerprint density at radius 2 is 1.91 bits per heavy atom. The maximum atomic E-state index is 14.1. The van der Waals surface area contributed by atoms with Crippen molar-refractivity contribution in [1.29, 1.82) is 0 Å². The summed E-state index contributed by atoms with van der Waals surface area (Å²) in [6, 6.07) is 10.2. The van der Waals surface area contributed by atoms with E-state index in [2.05, 4.69) is 24.8 Å². The number of sulfonamides is 1. The standard InChI is InChI=1S/C23H31ClN2O4SSi/c1-18-19(2)25-30-22(18)26(17-29-15-16-32(3,4)5)31(27,28)23(24)14-10-9-13-21(23)20-11-7-6-8-12-20/h6-13H,14-17H2,1-5H3. The summed E-state index contributed by atoms with van der Waals surface area (Å²) in [7, 11) is -5.50. The molecule has 3 rings (SSSR count). The van der Waals surface area contributed by atoms with Gasteiger partial charge in [-0.1, -0.05) is 85.0 Å². The summed E-state index contributed by atoms with van der Waals surface area (Å²) in [5.74, 6) is 0.137. The zero-order chi connectivity index (χ0) is 23.6. The number of alkyl halides is 1. The number of rotatable bonds is 9. The molecule has 0 fully saturated rings. The Hall–Kier alpha value is -1.87. The number of hydrogen-bond donors (Lipinski definition) is 0. The van der Waals surface area contributed by atoms with Crippen molar-refractivity contribution >= 4 is 41.2 Å². The smallest absolute Gasteiger partial charge is 0.264 e. The molecule has 1 aliphatic rings. The van der Waals surface area contributed by atoms with Gasteiger partial charge < -0.3 is 9.26 Å². The van der Waals surface area contributed by atoms with Gasteiger partial charge in [0.25, 0.3) is 10.0 Å². The molecule has 1 atom stereocenters. The average molecular weight is 495 g/mol. The van der Waals surface area contributed by atoms with Gasteiger partial charge in [-0.05, 0) is 31.0 Å². The predicted molar refractivity (Wildman–Crippen MR) is 133 cm³/mol. The Kier molecular flexibility index (Phi) is 7.39. The number of hydrogen-bond acceptors (Lipinski definition) is 5. The van der Waals surface area contributed by atoms with E-state index in [-0.39, 0.29) is 19.0 Å². The molecule has 0 saturated heterocycles. The summed E-state index contributed by atoms with van der Waals surface area (Å²) >= 11 is 7.00. The zero-order valence-corrected chi connectivity index (χ0v) is 21.8. The molecule has 1 aromatic heterocycles. The maximum Gasteiger partial charge on any atom is 0.264 e. The molecule has 0 N–H and O–H groups in total. The summed E-state index contributed by atoms with van der Waals surface area (Å²) in [6.45, 7) is 10.6. The number of allylic oxidation sites excluding steroid dienone is 3. The first-order chi connectivity index (χ1) is 15.0. The molecular weight excluding hydrogens is 464 g/mol. The second kappa shape index (κ2) is 9.55. The van der Waals surface area contributed by atoms with Crippen LogP contribution < -0.4 is 4.31 Å². The largest absolute Gasteiger partial charge is 0.360 e. The number of halogens is 1. The third-order valence-corrected chi connectivity index (χ3v) is 10.2. The van der Waals surface area contributed by atoms with Crippen molar-refractivity contribution in [3.8, 4) is 0 Å². The van der Waals surface area contributed by atoms with E-state index in [1.165, 1.54) is 0 Å². The van der Waals surface area contributed by atoms with Crippen molar-refractivity contribution in [2.75, 3.05) is 17.6 Å². The number of aryl methyl sites for hydroxylation is 1. The van der Waals surface area contributed by atoms with Crippen molar-refractivity contribution in [2.45, 2.75) is 50.2 Å². The van der Waals surface area contributed by atoms with E-state index in [4.69, 9.17) is 20.9 Å².